The van der Waals surface area contributed by atoms with Crippen LogP contribution < -0.4 is 10.5 Å². The molecule has 5 heteroatoms. The van der Waals surface area contributed by atoms with E-state index in [-0.39, 0.29) is 5.75 Å². The Bertz CT molecular complexity index is 790. The van der Waals surface area contributed by atoms with Crippen molar-refractivity contribution >= 4 is 16.6 Å². The second kappa shape index (κ2) is 4.77. The van der Waals surface area contributed by atoms with Gasteiger partial charge in [-0.25, -0.2) is 8.78 Å². The van der Waals surface area contributed by atoms with E-state index in [1.54, 1.807) is 24.3 Å². The summed E-state index contributed by atoms with van der Waals surface area (Å²) in [5.41, 5.74) is 6.87. The third-order valence-electron chi connectivity index (χ3n) is 2.84. The predicted molar refractivity (Wildman–Crippen MR) is 72.6 cm³/mol. The van der Waals surface area contributed by atoms with Crippen LogP contribution in [0, 0.1) is 11.6 Å². The number of rotatable bonds is 2. The van der Waals surface area contributed by atoms with Crippen LogP contribution in [0.5, 0.6) is 11.5 Å². The number of benzene rings is 2. The third-order valence-corrected chi connectivity index (χ3v) is 2.84. The Hall–Kier alpha value is -2.69. The van der Waals surface area contributed by atoms with Crippen LogP contribution >= 0.6 is 0 Å². The van der Waals surface area contributed by atoms with Crippen molar-refractivity contribution in [2.75, 3.05) is 5.73 Å². The van der Waals surface area contributed by atoms with Gasteiger partial charge >= 0.3 is 0 Å². The average molecular weight is 272 g/mol. The molecule has 0 aliphatic heterocycles. The first-order valence-corrected chi connectivity index (χ1v) is 5.90. The van der Waals surface area contributed by atoms with E-state index in [1.165, 1.54) is 6.20 Å². The molecular weight excluding hydrogens is 262 g/mol. The number of hydrogen-bond donors (Lipinski definition) is 1. The number of fused-ring (bicyclic) bond motifs is 1. The van der Waals surface area contributed by atoms with Crippen molar-refractivity contribution in [1.82, 2.24) is 4.98 Å². The van der Waals surface area contributed by atoms with Crippen LogP contribution in [0.2, 0.25) is 0 Å². The molecule has 0 saturated heterocycles. The fraction of sp³-hybridized carbons (Fsp3) is 0. The fourth-order valence-corrected chi connectivity index (χ4v) is 1.90. The molecule has 0 unspecified atom stereocenters. The van der Waals surface area contributed by atoms with Crippen LogP contribution in [0.4, 0.5) is 14.5 Å². The van der Waals surface area contributed by atoms with Crippen LogP contribution in [-0.2, 0) is 0 Å². The van der Waals surface area contributed by atoms with E-state index in [9.17, 15) is 8.78 Å². The standard InChI is InChI=1S/C15H10F2N2O/c16-9-1-4-12(17)15(7-9)20-14-5-6-19-13-8-10(18)2-3-11(13)14/h1-8H,18H2. The SMILES string of the molecule is Nc1ccc2c(Oc3cc(F)ccc3F)ccnc2c1. The number of nitrogens with zero attached hydrogens (tertiary/aromatic N) is 1. The highest BCUT2D eigenvalue weighted by atomic mass is 19.1. The zero-order valence-electron chi connectivity index (χ0n) is 10.3. The van der Waals surface area contributed by atoms with E-state index in [0.717, 1.165) is 18.2 Å². The van der Waals surface area contributed by atoms with Gasteiger partial charge < -0.3 is 10.5 Å². The zero-order valence-corrected chi connectivity index (χ0v) is 10.3. The Morgan fingerprint density at radius 1 is 0.950 bits per heavy atom. The Labute approximate surface area is 113 Å². The molecule has 2 N–H and O–H groups in total. The molecule has 0 bridgehead atoms. The monoisotopic (exact) mass is 272 g/mol. The number of anilines is 1. The van der Waals surface area contributed by atoms with E-state index in [0.29, 0.717) is 22.3 Å². The van der Waals surface area contributed by atoms with Gasteiger partial charge in [0.15, 0.2) is 11.6 Å². The molecule has 1 heterocycles. The molecule has 3 nitrogen and oxygen atoms in total. The van der Waals surface area contributed by atoms with Gasteiger partial charge in [-0.15, -0.1) is 0 Å². The van der Waals surface area contributed by atoms with Gasteiger partial charge in [0, 0.05) is 23.3 Å². The highest BCUT2D eigenvalue weighted by Crippen LogP contribution is 2.31. The first kappa shape index (κ1) is 12.3. The van der Waals surface area contributed by atoms with Gasteiger partial charge in [-0.05, 0) is 36.4 Å². The molecule has 2 aromatic carbocycles. The lowest BCUT2D eigenvalue weighted by molar-refractivity contribution is 0.440. The topological polar surface area (TPSA) is 48.1 Å². The molecular formula is C15H10F2N2O. The lowest BCUT2D eigenvalue weighted by Gasteiger charge is -2.09. The van der Waals surface area contributed by atoms with Crippen molar-refractivity contribution in [1.29, 1.82) is 0 Å². The van der Waals surface area contributed by atoms with E-state index >= 15 is 0 Å². The van der Waals surface area contributed by atoms with Crippen LogP contribution in [0.25, 0.3) is 10.9 Å². The molecule has 0 fully saturated rings. The maximum absolute atomic E-state index is 13.6. The van der Waals surface area contributed by atoms with Gasteiger partial charge in [0.2, 0.25) is 0 Å². The molecule has 0 saturated carbocycles. The minimum absolute atomic E-state index is 0.172. The summed E-state index contributed by atoms with van der Waals surface area (Å²) in [6, 6.07) is 9.74. The lowest BCUT2D eigenvalue weighted by Crippen LogP contribution is -1.92. The molecule has 3 aromatic rings. The van der Waals surface area contributed by atoms with Crippen molar-refractivity contribution < 1.29 is 13.5 Å². The highest BCUT2D eigenvalue weighted by molar-refractivity contribution is 5.87. The van der Waals surface area contributed by atoms with Crippen molar-refractivity contribution in [2.45, 2.75) is 0 Å². The summed E-state index contributed by atoms with van der Waals surface area (Å²) in [7, 11) is 0. The molecule has 0 aliphatic rings. The second-order valence-electron chi connectivity index (χ2n) is 4.26. The number of nitrogens with two attached hydrogens (primary N) is 1. The molecule has 0 amide bonds. The minimum Gasteiger partial charge on any atom is -0.453 e. The van der Waals surface area contributed by atoms with Gasteiger partial charge in [0.25, 0.3) is 0 Å². The molecule has 0 spiro atoms. The Kier molecular flexibility index (Phi) is 2.95. The minimum atomic E-state index is -0.633. The third kappa shape index (κ3) is 2.25. The Morgan fingerprint density at radius 2 is 1.80 bits per heavy atom. The first-order valence-electron chi connectivity index (χ1n) is 5.90. The summed E-state index contributed by atoms with van der Waals surface area (Å²) in [6.45, 7) is 0. The summed E-state index contributed by atoms with van der Waals surface area (Å²) in [6.07, 6.45) is 1.52. The van der Waals surface area contributed by atoms with Crippen molar-refractivity contribution in [3.63, 3.8) is 0 Å². The maximum atomic E-state index is 13.6. The zero-order chi connectivity index (χ0) is 14.1. The molecule has 100 valence electrons. The second-order valence-corrected chi connectivity index (χ2v) is 4.26. The van der Waals surface area contributed by atoms with Gasteiger partial charge in [0.05, 0.1) is 5.52 Å². The quantitative estimate of drug-likeness (QED) is 0.720. The summed E-state index contributed by atoms with van der Waals surface area (Å²) >= 11 is 0. The largest absolute Gasteiger partial charge is 0.453 e. The molecule has 3 rings (SSSR count). The maximum Gasteiger partial charge on any atom is 0.166 e. The number of nitrogen functional groups attached to an aromatic ring is 1. The Morgan fingerprint density at radius 3 is 2.65 bits per heavy atom. The van der Waals surface area contributed by atoms with Gasteiger partial charge in [-0.1, -0.05) is 0 Å². The Balaban J connectivity index is 2.09. The van der Waals surface area contributed by atoms with Crippen LogP contribution in [0.15, 0.2) is 48.7 Å². The summed E-state index contributed by atoms with van der Waals surface area (Å²) in [5, 5.41) is 0.672. The summed E-state index contributed by atoms with van der Waals surface area (Å²) < 4.78 is 32.2. The summed E-state index contributed by atoms with van der Waals surface area (Å²) in [4.78, 5) is 4.16. The van der Waals surface area contributed by atoms with Crippen LogP contribution in [0.1, 0.15) is 0 Å². The van der Waals surface area contributed by atoms with Gasteiger partial charge in [-0.3, -0.25) is 4.98 Å². The number of pyridine rings is 1. The number of halogens is 2. The summed E-state index contributed by atoms with van der Waals surface area (Å²) in [5.74, 6) is -0.982. The lowest BCUT2D eigenvalue weighted by atomic mass is 10.2. The highest BCUT2D eigenvalue weighted by Gasteiger charge is 2.09. The molecule has 0 atom stereocenters. The van der Waals surface area contributed by atoms with Crippen molar-refractivity contribution in [3.05, 3.63) is 60.3 Å². The van der Waals surface area contributed by atoms with Gasteiger partial charge in [-0.2, -0.15) is 0 Å². The fourth-order valence-electron chi connectivity index (χ4n) is 1.90. The van der Waals surface area contributed by atoms with Crippen LogP contribution in [0.3, 0.4) is 0 Å². The molecule has 1 aromatic heterocycles. The normalized spacial score (nSPS) is 10.7. The van der Waals surface area contributed by atoms with Crippen molar-refractivity contribution in [3.8, 4) is 11.5 Å². The number of hydrogen-bond acceptors (Lipinski definition) is 3. The number of aromatic nitrogens is 1. The average Bonchev–Trinajstić information content (AvgIpc) is 2.43. The van der Waals surface area contributed by atoms with Crippen LogP contribution in [-0.4, -0.2) is 4.98 Å². The molecule has 0 aliphatic carbocycles. The van der Waals surface area contributed by atoms with Crippen molar-refractivity contribution in [2.24, 2.45) is 0 Å². The number of ether oxygens (including phenoxy) is 1. The molecule has 20 heavy (non-hydrogen) atoms. The first-order chi connectivity index (χ1) is 9.63. The van der Waals surface area contributed by atoms with E-state index in [4.69, 9.17) is 10.5 Å². The van der Waals surface area contributed by atoms with E-state index < -0.39 is 11.6 Å². The van der Waals surface area contributed by atoms with E-state index in [1.807, 2.05) is 0 Å². The predicted octanol–water partition coefficient (Wildman–Crippen LogP) is 3.89. The smallest absolute Gasteiger partial charge is 0.166 e. The van der Waals surface area contributed by atoms with Gasteiger partial charge in [0.1, 0.15) is 11.6 Å². The molecule has 0 radical (unpaired) electrons. The van der Waals surface area contributed by atoms with E-state index in [2.05, 4.69) is 4.98 Å².